The Balaban J connectivity index is 1.82. The van der Waals surface area contributed by atoms with Crippen LogP contribution in [-0.2, 0) is 16.1 Å². The first-order valence-corrected chi connectivity index (χ1v) is 10.4. The lowest BCUT2D eigenvalue weighted by molar-refractivity contribution is -0.116. The lowest BCUT2D eigenvalue weighted by Crippen LogP contribution is -2.28. The van der Waals surface area contributed by atoms with Gasteiger partial charge in [-0.1, -0.05) is 36.5 Å². The molecule has 152 valence electrons. The number of benzene rings is 1. The molecule has 0 bridgehead atoms. The Morgan fingerprint density at radius 3 is 2.83 bits per heavy atom. The minimum Gasteiger partial charge on any atom is -0.462 e. The molecule has 3 aromatic rings. The maximum Gasteiger partial charge on any atom is 0.339 e. The molecule has 1 aromatic carbocycles. The number of thiophene rings is 1. The van der Waals surface area contributed by atoms with Crippen molar-refractivity contribution in [1.82, 2.24) is 9.55 Å². The number of aromatic nitrogens is 2. The monoisotopic (exact) mass is 453 g/mol. The predicted molar refractivity (Wildman–Crippen MR) is 114 cm³/mol. The fourth-order valence-electron chi connectivity index (χ4n) is 2.55. The van der Waals surface area contributed by atoms with Gasteiger partial charge in [0.2, 0.25) is 5.91 Å². The lowest BCUT2D eigenvalue weighted by atomic mass is 10.2. The molecule has 0 saturated heterocycles. The zero-order valence-corrected chi connectivity index (χ0v) is 17.7. The molecule has 1 N–H and O–H groups in total. The summed E-state index contributed by atoms with van der Waals surface area (Å²) in [5.41, 5.74) is 0.0454. The van der Waals surface area contributed by atoms with Gasteiger partial charge in [0.25, 0.3) is 5.56 Å². The van der Waals surface area contributed by atoms with Crippen molar-refractivity contribution >= 4 is 62.3 Å². The standard InChI is InChI=1S/C19H17Cl2N3O4S/c1-2-3-6-28-19(27)12-9-29-17-16(12)18(26)24(10-22-17)8-15(25)23-14-5-4-11(20)7-13(14)21/h4-5,7,9-10H,2-3,6,8H2,1H3,(H,23,25). The fourth-order valence-corrected chi connectivity index (χ4v) is 3.88. The van der Waals surface area contributed by atoms with Gasteiger partial charge in [-0.05, 0) is 24.6 Å². The Labute approximate surface area is 180 Å². The van der Waals surface area contributed by atoms with Crippen molar-refractivity contribution in [2.24, 2.45) is 0 Å². The Morgan fingerprint density at radius 1 is 1.31 bits per heavy atom. The molecule has 0 saturated carbocycles. The van der Waals surface area contributed by atoms with Crippen LogP contribution in [0.5, 0.6) is 0 Å². The lowest BCUT2D eigenvalue weighted by Gasteiger charge is -2.09. The van der Waals surface area contributed by atoms with Gasteiger partial charge in [0.1, 0.15) is 11.4 Å². The summed E-state index contributed by atoms with van der Waals surface area (Å²) in [7, 11) is 0. The molecule has 0 aliphatic carbocycles. The number of ether oxygens (including phenoxy) is 1. The van der Waals surface area contributed by atoms with E-state index in [0.29, 0.717) is 15.5 Å². The van der Waals surface area contributed by atoms with Crippen LogP contribution in [0.25, 0.3) is 10.2 Å². The number of anilines is 1. The number of nitrogens with one attached hydrogen (secondary N) is 1. The summed E-state index contributed by atoms with van der Waals surface area (Å²) in [4.78, 5) is 42.1. The molecule has 7 nitrogen and oxygen atoms in total. The van der Waals surface area contributed by atoms with Crippen LogP contribution in [0.2, 0.25) is 10.0 Å². The molecular weight excluding hydrogens is 437 g/mol. The highest BCUT2D eigenvalue weighted by molar-refractivity contribution is 7.17. The van der Waals surface area contributed by atoms with Crippen LogP contribution >= 0.6 is 34.5 Å². The number of amides is 1. The van der Waals surface area contributed by atoms with Crippen LogP contribution in [0.1, 0.15) is 30.1 Å². The third-order valence-corrected chi connectivity index (χ3v) is 5.46. The number of rotatable bonds is 7. The molecule has 0 spiro atoms. The maximum absolute atomic E-state index is 12.8. The topological polar surface area (TPSA) is 90.3 Å². The third-order valence-electron chi connectivity index (χ3n) is 4.03. The number of halogens is 2. The molecule has 29 heavy (non-hydrogen) atoms. The minimum absolute atomic E-state index is 0.149. The van der Waals surface area contributed by atoms with Crippen molar-refractivity contribution in [3.63, 3.8) is 0 Å². The van der Waals surface area contributed by atoms with Crippen LogP contribution in [0.3, 0.4) is 0 Å². The van der Waals surface area contributed by atoms with Crippen molar-refractivity contribution in [1.29, 1.82) is 0 Å². The first-order valence-electron chi connectivity index (χ1n) is 8.79. The average molecular weight is 454 g/mol. The summed E-state index contributed by atoms with van der Waals surface area (Å²) < 4.78 is 6.34. The predicted octanol–water partition coefficient (Wildman–Crippen LogP) is 4.36. The number of hydrogen-bond acceptors (Lipinski definition) is 6. The van der Waals surface area contributed by atoms with Gasteiger partial charge in [0.15, 0.2) is 0 Å². The highest BCUT2D eigenvalue weighted by Gasteiger charge is 2.19. The first kappa shape index (κ1) is 21.3. The largest absolute Gasteiger partial charge is 0.462 e. The Morgan fingerprint density at radius 2 is 2.10 bits per heavy atom. The van der Waals surface area contributed by atoms with Crippen LogP contribution in [-0.4, -0.2) is 28.0 Å². The van der Waals surface area contributed by atoms with Crippen molar-refractivity contribution < 1.29 is 14.3 Å². The van der Waals surface area contributed by atoms with Crippen LogP contribution < -0.4 is 10.9 Å². The van der Waals surface area contributed by atoms with Crippen LogP contribution in [0.4, 0.5) is 5.69 Å². The third kappa shape index (κ3) is 4.95. The van der Waals surface area contributed by atoms with Crippen molar-refractivity contribution in [2.45, 2.75) is 26.3 Å². The number of unbranched alkanes of at least 4 members (excludes halogenated alkanes) is 1. The molecule has 2 heterocycles. The number of carbonyl (C=O) groups excluding carboxylic acids is 2. The molecule has 10 heteroatoms. The number of hydrogen-bond donors (Lipinski definition) is 1. The fraction of sp³-hybridized carbons (Fsp3) is 0.263. The Kier molecular flexibility index (Phi) is 6.89. The summed E-state index contributed by atoms with van der Waals surface area (Å²) in [5.74, 6) is -1.04. The molecule has 3 rings (SSSR count). The van der Waals surface area contributed by atoms with E-state index in [1.54, 1.807) is 17.5 Å². The summed E-state index contributed by atoms with van der Waals surface area (Å²) in [6, 6.07) is 4.65. The average Bonchev–Trinajstić information content (AvgIpc) is 3.11. The van der Waals surface area contributed by atoms with Gasteiger partial charge in [0, 0.05) is 10.4 Å². The highest BCUT2D eigenvalue weighted by atomic mass is 35.5. The van der Waals surface area contributed by atoms with Crippen LogP contribution in [0, 0.1) is 0 Å². The van der Waals surface area contributed by atoms with E-state index in [2.05, 4.69) is 10.3 Å². The van der Waals surface area contributed by atoms with E-state index in [1.807, 2.05) is 6.92 Å². The summed E-state index contributed by atoms with van der Waals surface area (Å²) in [6.45, 7) is 1.98. The van der Waals surface area contributed by atoms with Crippen LogP contribution in [0.15, 0.2) is 34.7 Å². The van der Waals surface area contributed by atoms with Crippen molar-refractivity contribution in [3.05, 3.63) is 55.9 Å². The molecule has 0 unspecified atom stereocenters. The van der Waals surface area contributed by atoms with E-state index in [4.69, 9.17) is 27.9 Å². The second-order valence-electron chi connectivity index (χ2n) is 6.17. The van der Waals surface area contributed by atoms with E-state index >= 15 is 0 Å². The molecule has 0 aliphatic heterocycles. The summed E-state index contributed by atoms with van der Waals surface area (Å²) in [6.07, 6.45) is 2.90. The second kappa shape index (κ2) is 9.39. The molecule has 0 atom stereocenters. The van der Waals surface area contributed by atoms with Gasteiger partial charge in [-0.15, -0.1) is 11.3 Å². The highest BCUT2D eigenvalue weighted by Crippen LogP contribution is 2.25. The van der Waals surface area contributed by atoms with Gasteiger partial charge < -0.3 is 10.1 Å². The van der Waals surface area contributed by atoms with E-state index < -0.39 is 17.4 Å². The SMILES string of the molecule is CCCCOC(=O)c1csc2ncn(CC(=O)Nc3ccc(Cl)cc3Cl)c(=O)c12. The summed E-state index contributed by atoms with van der Waals surface area (Å²) >= 11 is 13.1. The molecule has 2 aromatic heterocycles. The van der Waals surface area contributed by atoms with E-state index in [1.165, 1.54) is 23.7 Å². The number of esters is 1. The van der Waals surface area contributed by atoms with Crippen molar-refractivity contribution in [2.75, 3.05) is 11.9 Å². The minimum atomic E-state index is -0.571. The van der Waals surface area contributed by atoms with Gasteiger partial charge in [-0.2, -0.15) is 0 Å². The van der Waals surface area contributed by atoms with Gasteiger partial charge in [-0.3, -0.25) is 14.2 Å². The summed E-state index contributed by atoms with van der Waals surface area (Å²) in [5, 5.41) is 5.04. The van der Waals surface area contributed by atoms with Gasteiger partial charge in [-0.25, -0.2) is 9.78 Å². The molecule has 0 radical (unpaired) electrons. The molecule has 0 fully saturated rings. The molecular formula is C19H17Cl2N3O4S. The van der Waals surface area contributed by atoms with Gasteiger partial charge >= 0.3 is 5.97 Å². The second-order valence-corrected chi connectivity index (χ2v) is 7.87. The van der Waals surface area contributed by atoms with Gasteiger partial charge in [0.05, 0.1) is 34.6 Å². The normalized spacial score (nSPS) is 10.9. The number of fused-ring (bicyclic) bond motifs is 1. The van der Waals surface area contributed by atoms with E-state index in [9.17, 15) is 14.4 Å². The number of nitrogens with zero attached hydrogens (tertiary/aromatic N) is 2. The Bertz CT molecular complexity index is 1130. The van der Waals surface area contributed by atoms with Crippen molar-refractivity contribution in [3.8, 4) is 0 Å². The van der Waals surface area contributed by atoms with E-state index in [0.717, 1.165) is 17.4 Å². The Hall–Kier alpha value is -2.42. The quantitative estimate of drug-likeness (QED) is 0.423. The molecule has 0 aliphatic rings. The number of carbonyl (C=O) groups is 2. The molecule has 1 amide bonds. The first-order chi connectivity index (χ1) is 13.9. The maximum atomic E-state index is 12.8. The zero-order chi connectivity index (χ0) is 21.0. The smallest absolute Gasteiger partial charge is 0.339 e. The van der Waals surface area contributed by atoms with E-state index in [-0.39, 0.29) is 29.1 Å². The zero-order valence-electron chi connectivity index (χ0n) is 15.4.